The Morgan fingerprint density at radius 1 is 1.25 bits per heavy atom. The SMILES string of the molecule is C=C(O)c1nn(-c2ccccc2-c2cc(C)cc(OCC3CC3)c2)ccc1=O. The van der Waals surface area contributed by atoms with Gasteiger partial charge in [0, 0.05) is 17.8 Å². The molecule has 0 bridgehead atoms. The van der Waals surface area contributed by atoms with Crippen LogP contribution in [-0.2, 0) is 0 Å². The molecule has 5 heteroatoms. The molecule has 0 aliphatic heterocycles. The van der Waals surface area contributed by atoms with Crippen molar-refractivity contribution in [2.75, 3.05) is 6.61 Å². The van der Waals surface area contributed by atoms with Crippen LogP contribution < -0.4 is 10.2 Å². The van der Waals surface area contributed by atoms with Crippen LogP contribution in [0, 0.1) is 12.8 Å². The number of aliphatic hydroxyl groups excluding tert-OH is 1. The van der Waals surface area contributed by atoms with Crippen molar-refractivity contribution in [3.05, 3.63) is 82.8 Å². The number of benzene rings is 2. The van der Waals surface area contributed by atoms with Crippen LogP contribution in [0.15, 0.2) is 66.1 Å². The van der Waals surface area contributed by atoms with Gasteiger partial charge in [-0.2, -0.15) is 5.10 Å². The fourth-order valence-electron chi connectivity index (χ4n) is 3.14. The van der Waals surface area contributed by atoms with Crippen molar-refractivity contribution in [3.63, 3.8) is 0 Å². The molecule has 1 aliphatic rings. The Morgan fingerprint density at radius 3 is 2.79 bits per heavy atom. The summed E-state index contributed by atoms with van der Waals surface area (Å²) in [7, 11) is 0. The molecule has 28 heavy (non-hydrogen) atoms. The van der Waals surface area contributed by atoms with E-state index in [1.54, 1.807) is 10.9 Å². The summed E-state index contributed by atoms with van der Waals surface area (Å²) in [5, 5.41) is 13.9. The van der Waals surface area contributed by atoms with Gasteiger partial charge in [0.25, 0.3) is 0 Å². The van der Waals surface area contributed by atoms with Gasteiger partial charge in [-0.15, -0.1) is 0 Å². The zero-order valence-electron chi connectivity index (χ0n) is 15.8. The summed E-state index contributed by atoms with van der Waals surface area (Å²) < 4.78 is 7.56. The van der Waals surface area contributed by atoms with E-state index in [1.165, 1.54) is 18.9 Å². The number of hydrogen-bond donors (Lipinski definition) is 1. The molecule has 1 fully saturated rings. The Labute approximate surface area is 163 Å². The lowest BCUT2D eigenvalue weighted by Gasteiger charge is -2.14. The smallest absolute Gasteiger partial charge is 0.211 e. The second kappa shape index (κ2) is 7.35. The molecule has 0 unspecified atom stereocenters. The second-order valence-corrected chi connectivity index (χ2v) is 7.23. The number of ether oxygens (including phenoxy) is 1. The molecule has 1 aromatic heterocycles. The van der Waals surface area contributed by atoms with Crippen molar-refractivity contribution >= 4 is 5.76 Å². The molecule has 0 amide bonds. The number of aromatic nitrogens is 2. The molecule has 1 aliphatic carbocycles. The van der Waals surface area contributed by atoms with Crippen LogP contribution in [0.3, 0.4) is 0 Å². The highest BCUT2D eigenvalue weighted by Crippen LogP contribution is 2.33. The molecule has 1 heterocycles. The first kappa shape index (κ1) is 18.0. The minimum absolute atomic E-state index is 0.0602. The highest BCUT2D eigenvalue weighted by atomic mass is 16.5. The highest BCUT2D eigenvalue weighted by molar-refractivity contribution is 5.74. The van der Waals surface area contributed by atoms with Gasteiger partial charge >= 0.3 is 0 Å². The summed E-state index contributed by atoms with van der Waals surface area (Å²) in [5.74, 6) is 1.20. The van der Waals surface area contributed by atoms with E-state index < -0.39 is 0 Å². The van der Waals surface area contributed by atoms with Crippen LogP contribution in [0.5, 0.6) is 5.75 Å². The van der Waals surface area contributed by atoms with E-state index in [0.29, 0.717) is 5.92 Å². The third-order valence-corrected chi connectivity index (χ3v) is 4.78. The molecule has 142 valence electrons. The minimum atomic E-state index is -0.368. The predicted molar refractivity (Wildman–Crippen MR) is 110 cm³/mol. The summed E-state index contributed by atoms with van der Waals surface area (Å²) in [5.41, 5.74) is 3.43. The van der Waals surface area contributed by atoms with Gasteiger partial charge in [-0.1, -0.05) is 30.8 Å². The van der Waals surface area contributed by atoms with Crippen LogP contribution in [0.4, 0.5) is 0 Å². The summed E-state index contributed by atoms with van der Waals surface area (Å²) in [6.07, 6.45) is 4.09. The molecule has 5 nitrogen and oxygen atoms in total. The molecule has 1 N–H and O–H groups in total. The van der Waals surface area contributed by atoms with Crippen molar-refractivity contribution in [3.8, 4) is 22.6 Å². The summed E-state index contributed by atoms with van der Waals surface area (Å²) in [6, 6.07) is 15.3. The normalized spacial score (nSPS) is 13.3. The van der Waals surface area contributed by atoms with Gasteiger partial charge < -0.3 is 9.84 Å². The third kappa shape index (κ3) is 3.83. The lowest BCUT2D eigenvalue weighted by molar-refractivity contribution is 0.300. The van der Waals surface area contributed by atoms with Crippen molar-refractivity contribution in [1.29, 1.82) is 0 Å². The number of nitrogens with zero attached hydrogens (tertiary/aromatic N) is 2. The number of hydrogen-bond acceptors (Lipinski definition) is 4. The fourth-order valence-corrected chi connectivity index (χ4v) is 3.14. The average molecular weight is 374 g/mol. The Morgan fingerprint density at radius 2 is 2.04 bits per heavy atom. The van der Waals surface area contributed by atoms with E-state index in [4.69, 9.17) is 4.74 Å². The Bertz CT molecular complexity index is 1100. The average Bonchev–Trinajstić information content (AvgIpc) is 3.51. The zero-order valence-corrected chi connectivity index (χ0v) is 15.8. The van der Waals surface area contributed by atoms with Gasteiger partial charge in [0.15, 0.2) is 5.69 Å². The molecule has 1 saturated carbocycles. The molecule has 0 atom stereocenters. The Balaban J connectivity index is 1.77. The zero-order chi connectivity index (χ0) is 19.7. The van der Waals surface area contributed by atoms with Crippen LogP contribution in [0.2, 0.25) is 0 Å². The molecule has 2 aromatic carbocycles. The van der Waals surface area contributed by atoms with Crippen LogP contribution in [-0.4, -0.2) is 21.5 Å². The molecule has 0 saturated heterocycles. The Kier molecular flexibility index (Phi) is 4.74. The number of aliphatic hydroxyl groups is 1. The monoisotopic (exact) mass is 374 g/mol. The molecular weight excluding hydrogens is 352 g/mol. The van der Waals surface area contributed by atoms with Crippen LogP contribution in [0.25, 0.3) is 22.6 Å². The molecule has 4 rings (SSSR count). The van der Waals surface area contributed by atoms with Gasteiger partial charge in [0.1, 0.15) is 11.5 Å². The van der Waals surface area contributed by atoms with Crippen molar-refractivity contribution in [1.82, 2.24) is 9.78 Å². The van der Waals surface area contributed by atoms with E-state index >= 15 is 0 Å². The summed E-state index contributed by atoms with van der Waals surface area (Å²) in [4.78, 5) is 11.9. The topological polar surface area (TPSA) is 64.3 Å². The largest absolute Gasteiger partial charge is 0.506 e. The van der Waals surface area contributed by atoms with Crippen molar-refractivity contribution < 1.29 is 9.84 Å². The maximum absolute atomic E-state index is 11.9. The van der Waals surface area contributed by atoms with Gasteiger partial charge in [0.2, 0.25) is 5.43 Å². The van der Waals surface area contributed by atoms with Gasteiger partial charge in [-0.3, -0.25) is 4.79 Å². The van der Waals surface area contributed by atoms with Gasteiger partial charge in [-0.05, 0) is 55.0 Å². The van der Waals surface area contributed by atoms with E-state index in [1.807, 2.05) is 43.3 Å². The molecule has 0 spiro atoms. The Hall–Kier alpha value is -3.34. The summed E-state index contributed by atoms with van der Waals surface area (Å²) >= 11 is 0. The quantitative estimate of drug-likeness (QED) is 0.644. The first-order chi connectivity index (χ1) is 13.5. The fraction of sp³-hybridized carbons (Fsp3) is 0.217. The maximum Gasteiger partial charge on any atom is 0.211 e. The number of rotatable bonds is 6. The highest BCUT2D eigenvalue weighted by Gasteiger charge is 2.22. The van der Waals surface area contributed by atoms with Crippen molar-refractivity contribution in [2.24, 2.45) is 5.92 Å². The molecule has 0 radical (unpaired) electrons. The first-order valence-electron chi connectivity index (χ1n) is 9.34. The molecular formula is C23H22N2O3. The first-order valence-corrected chi connectivity index (χ1v) is 9.34. The van der Waals surface area contributed by atoms with Crippen molar-refractivity contribution in [2.45, 2.75) is 19.8 Å². The van der Waals surface area contributed by atoms with Crippen LogP contribution in [0.1, 0.15) is 24.1 Å². The van der Waals surface area contributed by atoms with Crippen LogP contribution >= 0.6 is 0 Å². The lowest BCUT2D eigenvalue weighted by atomic mass is 10.0. The number of aryl methyl sites for hydroxylation is 1. The van der Waals surface area contributed by atoms with E-state index in [-0.39, 0.29) is 16.9 Å². The number of para-hydroxylation sites is 1. The third-order valence-electron chi connectivity index (χ3n) is 4.78. The van der Waals surface area contributed by atoms with E-state index in [0.717, 1.165) is 34.7 Å². The lowest BCUT2D eigenvalue weighted by Crippen LogP contribution is -2.15. The summed E-state index contributed by atoms with van der Waals surface area (Å²) in [6.45, 7) is 6.23. The minimum Gasteiger partial charge on any atom is -0.506 e. The predicted octanol–water partition coefficient (Wildman–Crippen LogP) is 4.53. The second-order valence-electron chi connectivity index (χ2n) is 7.23. The standard InChI is InChI=1S/C23H22N2O3/c1-15-11-18(13-19(12-15)28-14-17-7-8-17)20-5-3-4-6-21(20)25-10-9-22(27)23(24-25)16(2)26/h3-6,9-13,17,26H,2,7-8,14H2,1H3. The maximum atomic E-state index is 11.9. The van der Waals surface area contributed by atoms with Gasteiger partial charge in [-0.25, -0.2) is 4.68 Å². The molecule has 3 aromatic rings. The van der Waals surface area contributed by atoms with E-state index in [2.05, 4.69) is 17.7 Å². The van der Waals surface area contributed by atoms with E-state index in [9.17, 15) is 9.90 Å². The van der Waals surface area contributed by atoms with Gasteiger partial charge in [0.05, 0.1) is 12.3 Å².